The highest BCUT2D eigenvalue weighted by atomic mass is 28.3. The molecule has 0 saturated heterocycles. The van der Waals surface area contributed by atoms with Crippen molar-refractivity contribution in [2.75, 3.05) is 7.11 Å². The van der Waals surface area contributed by atoms with Crippen molar-refractivity contribution in [3.8, 4) is 28.0 Å². The predicted molar refractivity (Wildman–Crippen MR) is 217 cm³/mol. The number of ether oxygens (including phenoxy) is 1. The minimum absolute atomic E-state index is 0.0384. The zero-order valence-electron chi connectivity index (χ0n) is 32.6. The molecule has 4 aromatic carbocycles. The minimum atomic E-state index is -2.12. The summed E-state index contributed by atoms with van der Waals surface area (Å²) in [7, 11) is -0.280. The van der Waals surface area contributed by atoms with Crippen LogP contribution in [-0.2, 0) is 16.2 Å². The maximum atomic E-state index is 6.30. The van der Waals surface area contributed by atoms with Crippen LogP contribution in [0.5, 0.6) is 5.75 Å². The van der Waals surface area contributed by atoms with Gasteiger partial charge in [-0.3, -0.25) is 0 Å². The molecular weight excluding hydrogens is 609 g/mol. The smallest absolute Gasteiger partial charge is 0.131 e. The molecule has 0 radical (unpaired) electrons. The summed E-state index contributed by atoms with van der Waals surface area (Å²) in [5.74, 6) is 1.01. The van der Waals surface area contributed by atoms with Crippen molar-refractivity contribution < 1.29 is 4.74 Å². The molecule has 2 heteroatoms. The van der Waals surface area contributed by atoms with Crippen LogP contribution in [-0.4, -0.2) is 15.2 Å². The Morgan fingerprint density at radius 2 is 1.12 bits per heavy atom. The molecule has 0 amide bonds. The van der Waals surface area contributed by atoms with Gasteiger partial charge in [0.2, 0.25) is 0 Å². The molecule has 2 aliphatic rings. The van der Waals surface area contributed by atoms with E-state index in [-0.39, 0.29) is 16.2 Å². The van der Waals surface area contributed by atoms with E-state index in [0.29, 0.717) is 11.1 Å². The lowest BCUT2D eigenvalue weighted by molar-refractivity contribution is 0.399. The van der Waals surface area contributed by atoms with Crippen LogP contribution in [0.15, 0.2) is 83.9 Å². The largest absolute Gasteiger partial charge is 0.496 e. The zero-order chi connectivity index (χ0) is 35.8. The van der Waals surface area contributed by atoms with Crippen molar-refractivity contribution in [3.63, 3.8) is 0 Å². The SMILES string of the molecule is COc1c(C(C)(C)C)cc2c(c1-c1ccccc1)C=C(C)C2[Si](C)(C)C1C(C)=Cc2c(-c3cccc(C(C)(C)C)c3)cc(C(C)(C)C)cc21. The molecular formula is C47H58OSi. The number of rotatable bonds is 5. The Balaban J connectivity index is 1.58. The Kier molecular flexibility index (Phi) is 8.63. The van der Waals surface area contributed by atoms with Crippen LogP contribution >= 0.6 is 0 Å². The van der Waals surface area contributed by atoms with E-state index in [2.05, 4.69) is 174 Å². The molecule has 6 rings (SSSR count). The molecule has 2 atom stereocenters. The lowest BCUT2D eigenvalue weighted by Gasteiger charge is -2.40. The third-order valence-electron chi connectivity index (χ3n) is 11.3. The Labute approximate surface area is 298 Å². The van der Waals surface area contributed by atoms with Gasteiger partial charge in [-0.25, -0.2) is 0 Å². The van der Waals surface area contributed by atoms with E-state index in [1.165, 1.54) is 72.3 Å². The molecule has 2 aliphatic carbocycles. The first-order chi connectivity index (χ1) is 22.7. The van der Waals surface area contributed by atoms with E-state index >= 15 is 0 Å². The second-order valence-corrected chi connectivity index (χ2v) is 23.3. The molecule has 0 aromatic heterocycles. The van der Waals surface area contributed by atoms with E-state index in [1.54, 1.807) is 0 Å². The maximum Gasteiger partial charge on any atom is 0.131 e. The van der Waals surface area contributed by atoms with Crippen LogP contribution < -0.4 is 4.74 Å². The first-order valence-corrected chi connectivity index (χ1v) is 21.4. The first kappa shape index (κ1) is 35.2. The average molecular weight is 667 g/mol. The van der Waals surface area contributed by atoms with Crippen molar-refractivity contribution in [2.24, 2.45) is 0 Å². The molecule has 0 bridgehead atoms. The van der Waals surface area contributed by atoms with E-state index in [9.17, 15) is 0 Å². The van der Waals surface area contributed by atoms with Crippen LogP contribution in [0.3, 0.4) is 0 Å². The first-order valence-electron chi connectivity index (χ1n) is 18.2. The number of hydrogen-bond donors (Lipinski definition) is 0. The van der Waals surface area contributed by atoms with Crippen LogP contribution in [0.1, 0.15) is 126 Å². The summed E-state index contributed by atoms with van der Waals surface area (Å²) >= 11 is 0. The summed E-state index contributed by atoms with van der Waals surface area (Å²) in [5, 5.41) is 0. The summed E-state index contributed by atoms with van der Waals surface area (Å²) < 4.78 is 6.30. The molecule has 256 valence electrons. The zero-order valence-corrected chi connectivity index (χ0v) is 33.6. The lowest BCUT2D eigenvalue weighted by atomic mass is 9.81. The summed E-state index contributed by atoms with van der Waals surface area (Å²) in [6.07, 6.45) is 5.04. The normalized spacial score (nSPS) is 17.8. The summed E-state index contributed by atoms with van der Waals surface area (Å²) in [6.45, 7) is 31.1. The van der Waals surface area contributed by atoms with E-state index < -0.39 is 8.07 Å². The van der Waals surface area contributed by atoms with Gasteiger partial charge in [0, 0.05) is 22.2 Å². The predicted octanol–water partition coefficient (Wildman–Crippen LogP) is 13.4. The summed E-state index contributed by atoms with van der Waals surface area (Å²) in [6, 6.07) is 27.8. The van der Waals surface area contributed by atoms with Crippen molar-refractivity contribution in [1.29, 1.82) is 0 Å². The lowest BCUT2D eigenvalue weighted by Crippen LogP contribution is -2.42. The fraction of sp³-hybridized carbons (Fsp3) is 0.404. The summed E-state index contributed by atoms with van der Waals surface area (Å²) in [5.41, 5.74) is 18.9. The van der Waals surface area contributed by atoms with Crippen molar-refractivity contribution in [2.45, 2.75) is 117 Å². The molecule has 4 aromatic rings. The molecule has 1 nitrogen and oxygen atoms in total. The molecule has 2 unspecified atom stereocenters. The van der Waals surface area contributed by atoms with Crippen LogP contribution in [0.4, 0.5) is 0 Å². The monoisotopic (exact) mass is 666 g/mol. The second kappa shape index (κ2) is 12.0. The number of fused-ring (bicyclic) bond motifs is 2. The van der Waals surface area contributed by atoms with Crippen LogP contribution in [0, 0.1) is 0 Å². The van der Waals surface area contributed by atoms with E-state index in [0.717, 1.165) is 5.75 Å². The van der Waals surface area contributed by atoms with Gasteiger partial charge >= 0.3 is 0 Å². The Hall–Kier alpha value is -3.62. The third-order valence-corrected chi connectivity index (χ3v) is 15.8. The fourth-order valence-electron chi connectivity index (χ4n) is 8.91. The highest BCUT2D eigenvalue weighted by Gasteiger charge is 2.48. The van der Waals surface area contributed by atoms with Crippen molar-refractivity contribution in [3.05, 3.63) is 123 Å². The standard InChI is InChI=1S/C47H58OSi/c1-29-23-36-35(32-21-18-22-33(25-32)45(3,4)5)26-34(46(6,7)8)27-38(36)43(29)49(13,14)44-30(2)24-37-39(44)28-40(47(9,10)11)42(48-12)41(37)31-19-16-15-17-20-31/h15-28,43-44H,1-14H3. The summed E-state index contributed by atoms with van der Waals surface area (Å²) in [4.78, 5) is 0. The minimum Gasteiger partial charge on any atom is -0.496 e. The van der Waals surface area contributed by atoms with Gasteiger partial charge in [-0.15, -0.1) is 0 Å². The molecule has 0 saturated carbocycles. The number of hydrogen-bond acceptors (Lipinski definition) is 1. The fourth-order valence-corrected chi connectivity index (χ4v) is 13.8. The van der Waals surface area contributed by atoms with Gasteiger partial charge in [0.1, 0.15) is 5.75 Å². The van der Waals surface area contributed by atoms with Gasteiger partial charge in [0.25, 0.3) is 0 Å². The van der Waals surface area contributed by atoms with Gasteiger partial charge in [0.05, 0.1) is 15.2 Å². The van der Waals surface area contributed by atoms with E-state index in [1.807, 2.05) is 7.11 Å². The van der Waals surface area contributed by atoms with Crippen molar-refractivity contribution >= 4 is 20.2 Å². The number of methoxy groups -OCH3 is 1. The molecule has 49 heavy (non-hydrogen) atoms. The van der Waals surface area contributed by atoms with Crippen molar-refractivity contribution in [1.82, 2.24) is 0 Å². The van der Waals surface area contributed by atoms with Gasteiger partial charge < -0.3 is 4.74 Å². The van der Waals surface area contributed by atoms with Gasteiger partial charge in [0.15, 0.2) is 0 Å². The van der Waals surface area contributed by atoms with Gasteiger partial charge in [-0.05, 0) is 80.2 Å². The molecule has 0 fully saturated rings. The maximum absolute atomic E-state index is 6.30. The average Bonchev–Trinajstić information content (AvgIpc) is 3.54. The highest BCUT2D eigenvalue weighted by molar-refractivity contribution is 6.81. The molecule has 0 heterocycles. The Morgan fingerprint density at radius 3 is 1.67 bits per heavy atom. The molecule has 0 aliphatic heterocycles. The van der Waals surface area contributed by atoms with Gasteiger partial charge in [-0.1, -0.05) is 172 Å². The second-order valence-electron chi connectivity index (χ2n) is 18.5. The molecule has 0 spiro atoms. The highest BCUT2D eigenvalue weighted by Crippen LogP contribution is 2.57. The topological polar surface area (TPSA) is 9.23 Å². The molecule has 0 N–H and O–H groups in total. The third kappa shape index (κ3) is 6.09. The van der Waals surface area contributed by atoms with Crippen LogP contribution in [0.2, 0.25) is 13.1 Å². The van der Waals surface area contributed by atoms with Crippen LogP contribution in [0.25, 0.3) is 34.4 Å². The quantitative estimate of drug-likeness (QED) is 0.193. The Bertz CT molecular complexity index is 1980. The number of allylic oxidation sites excluding steroid dienone is 2. The van der Waals surface area contributed by atoms with E-state index in [4.69, 9.17) is 4.74 Å². The van der Waals surface area contributed by atoms with Gasteiger partial charge in [-0.2, -0.15) is 0 Å². The number of benzene rings is 4. The Morgan fingerprint density at radius 1 is 0.571 bits per heavy atom.